The van der Waals surface area contributed by atoms with Crippen LogP contribution in [0, 0.1) is 10.8 Å². The largest absolute Gasteiger partial charge is 0.298 e. The van der Waals surface area contributed by atoms with Crippen molar-refractivity contribution in [3.63, 3.8) is 0 Å². The van der Waals surface area contributed by atoms with Gasteiger partial charge in [-0.05, 0) is 31.6 Å². The maximum Gasteiger partial charge on any atom is 0.0839 e. The second kappa shape index (κ2) is 4.78. The molecule has 0 aliphatic heterocycles. The van der Waals surface area contributed by atoms with Gasteiger partial charge in [0.25, 0.3) is 0 Å². The highest BCUT2D eigenvalue weighted by Gasteiger charge is 2.19. The van der Waals surface area contributed by atoms with E-state index in [4.69, 9.17) is 0 Å². The molecule has 1 N–H and O–H groups in total. The summed E-state index contributed by atoms with van der Waals surface area (Å²) in [7, 11) is 2.55. The first-order valence-corrected chi connectivity index (χ1v) is 4.69. The molecule has 0 saturated heterocycles. The molecule has 0 spiro atoms. The Bertz CT molecular complexity index is 124. The molecule has 1 aliphatic carbocycles. The lowest BCUT2D eigenvalue weighted by Gasteiger charge is -2.26. The molecule has 1 unspecified atom stereocenters. The molecule has 1 aliphatic rings. The van der Waals surface area contributed by atoms with Crippen molar-refractivity contribution in [3.8, 4) is 0 Å². The smallest absolute Gasteiger partial charge is 0.0839 e. The summed E-state index contributed by atoms with van der Waals surface area (Å²) in [6, 6.07) is 0.642. The molecule has 0 heterocycles. The Kier molecular flexibility index (Phi) is 3.95. The monoisotopic (exact) mass is 174 g/mol. The molecule has 11 heavy (non-hydrogen) atoms. The molecule has 64 valence electrons. The summed E-state index contributed by atoms with van der Waals surface area (Å²) in [5.41, 5.74) is 0. The molecule has 1 atom stereocenters. The van der Waals surface area contributed by atoms with Crippen LogP contribution < -0.4 is 5.09 Å². The van der Waals surface area contributed by atoms with E-state index in [1.54, 1.807) is 0 Å². The van der Waals surface area contributed by atoms with Gasteiger partial charge in [-0.15, -0.1) is 0 Å². The molecule has 1 saturated carbocycles. The normalized spacial score (nSPS) is 31.7. The standard InChI is InChI=1S/C7H15N2OP/c10-8-5-6-1-3-7(9-11)4-2-6/h6-7,9H,1-5,11H2. The van der Waals surface area contributed by atoms with Gasteiger partial charge in [-0.3, -0.25) is 5.09 Å². The highest BCUT2D eigenvalue weighted by Crippen LogP contribution is 2.24. The van der Waals surface area contributed by atoms with Crippen molar-refractivity contribution in [2.45, 2.75) is 31.7 Å². The van der Waals surface area contributed by atoms with Crippen LogP contribution in [0.3, 0.4) is 0 Å². The van der Waals surface area contributed by atoms with Crippen molar-refractivity contribution in [1.82, 2.24) is 5.09 Å². The number of hydrogen-bond donors (Lipinski definition) is 1. The van der Waals surface area contributed by atoms with Gasteiger partial charge in [0.1, 0.15) is 0 Å². The summed E-state index contributed by atoms with van der Waals surface area (Å²) in [6.45, 7) is 0.517. The summed E-state index contributed by atoms with van der Waals surface area (Å²) >= 11 is 0. The van der Waals surface area contributed by atoms with Crippen LogP contribution in [-0.2, 0) is 0 Å². The van der Waals surface area contributed by atoms with Gasteiger partial charge >= 0.3 is 0 Å². The average molecular weight is 174 g/mol. The van der Waals surface area contributed by atoms with E-state index in [9.17, 15) is 4.91 Å². The van der Waals surface area contributed by atoms with Crippen LogP contribution in [0.4, 0.5) is 0 Å². The molecule has 1 fully saturated rings. The summed E-state index contributed by atoms with van der Waals surface area (Å²) in [6.07, 6.45) is 4.67. The minimum atomic E-state index is 0.517. The molecule has 0 aromatic carbocycles. The third-order valence-corrected chi connectivity index (χ3v) is 2.89. The fourth-order valence-corrected chi connectivity index (χ4v) is 1.95. The molecule has 0 bridgehead atoms. The van der Waals surface area contributed by atoms with E-state index in [1.165, 1.54) is 12.8 Å². The van der Waals surface area contributed by atoms with Gasteiger partial charge in [0.05, 0.1) is 6.54 Å². The second-order valence-corrected chi connectivity index (χ2v) is 3.53. The van der Waals surface area contributed by atoms with Crippen LogP contribution in [0.15, 0.2) is 5.18 Å². The van der Waals surface area contributed by atoms with Gasteiger partial charge in [0.2, 0.25) is 0 Å². The van der Waals surface area contributed by atoms with Crippen LogP contribution in [-0.4, -0.2) is 12.6 Å². The van der Waals surface area contributed by atoms with E-state index in [0.29, 0.717) is 18.5 Å². The van der Waals surface area contributed by atoms with Crippen molar-refractivity contribution in [3.05, 3.63) is 4.91 Å². The van der Waals surface area contributed by atoms with Gasteiger partial charge in [-0.2, -0.15) is 4.91 Å². The molecule has 0 radical (unpaired) electrons. The summed E-state index contributed by atoms with van der Waals surface area (Å²) < 4.78 is 0. The minimum Gasteiger partial charge on any atom is -0.298 e. The lowest BCUT2D eigenvalue weighted by Crippen LogP contribution is -2.27. The predicted molar refractivity (Wildman–Crippen MR) is 49.3 cm³/mol. The molecule has 0 aromatic rings. The zero-order chi connectivity index (χ0) is 8.10. The first-order chi connectivity index (χ1) is 5.36. The summed E-state index contributed by atoms with van der Waals surface area (Å²) in [5.74, 6) is 0.557. The first-order valence-electron chi connectivity index (χ1n) is 4.12. The third-order valence-electron chi connectivity index (χ3n) is 2.42. The van der Waals surface area contributed by atoms with E-state index in [-0.39, 0.29) is 0 Å². The third kappa shape index (κ3) is 2.84. The van der Waals surface area contributed by atoms with Crippen LogP contribution in [0.5, 0.6) is 0 Å². The van der Waals surface area contributed by atoms with E-state index >= 15 is 0 Å². The minimum absolute atomic E-state index is 0.517. The number of nitrogens with one attached hydrogen (secondary N) is 1. The second-order valence-electron chi connectivity index (χ2n) is 3.20. The van der Waals surface area contributed by atoms with Crippen molar-refractivity contribution in [1.29, 1.82) is 0 Å². The summed E-state index contributed by atoms with van der Waals surface area (Å²) in [4.78, 5) is 9.95. The molecule has 4 heteroatoms. The Morgan fingerprint density at radius 2 is 2.00 bits per heavy atom. The fraction of sp³-hybridized carbons (Fsp3) is 1.00. The highest BCUT2D eigenvalue weighted by atomic mass is 31.0. The molecule has 0 amide bonds. The molecular weight excluding hydrogens is 159 g/mol. The van der Waals surface area contributed by atoms with Gasteiger partial charge in [0.15, 0.2) is 0 Å². The van der Waals surface area contributed by atoms with Crippen LogP contribution >= 0.6 is 9.39 Å². The zero-order valence-corrected chi connectivity index (χ0v) is 7.78. The van der Waals surface area contributed by atoms with E-state index in [2.05, 4.69) is 19.7 Å². The number of nitroso groups, excluding NO2 is 1. The van der Waals surface area contributed by atoms with E-state index in [0.717, 1.165) is 12.8 Å². The quantitative estimate of drug-likeness (QED) is 0.522. The highest BCUT2D eigenvalue weighted by molar-refractivity contribution is 7.13. The summed E-state index contributed by atoms with van der Waals surface area (Å²) in [5, 5.41) is 6.11. The van der Waals surface area contributed by atoms with Crippen molar-refractivity contribution >= 4 is 9.39 Å². The topological polar surface area (TPSA) is 41.5 Å². The Hall–Kier alpha value is -0.0100. The zero-order valence-electron chi connectivity index (χ0n) is 6.62. The number of nitrogens with zero attached hydrogens (tertiary/aromatic N) is 1. The van der Waals surface area contributed by atoms with Crippen molar-refractivity contribution in [2.75, 3.05) is 6.54 Å². The van der Waals surface area contributed by atoms with Gasteiger partial charge < -0.3 is 0 Å². The number of rotatable bonds is 3. The Labute approximate surface area is 69.6 Å². The van der Waals surface area contributed by atoms with Gasteiger partial charge in [-0.25, -0.2) is 0 Å². The lowest BCUT2D eigenvalue weighted by atomic mass is 9.87. The van der Waals surface area contributed by atoms with E-state index in [1.807, 2.05) is 0 Å². The van der Waals surface area contributed by atoms with Gasteiger partial charge in [-0.1, -0.05) is 14.6 Å². The first kappa shape index (κ1) is 9.08. The lowest BCUT2D eigenvalue weighted by molar-refractivity contribution is 0.323. The molecule has 0 aromatic heterocycles. The van der Waals surface area contributed by atoms with E-state index < -0.39 is 0 Å². The van der Waals surface area contributed by atoms with Crippen molar-refractivity contribution in [2.24, 2.45) is 11.1 Å². The SMILES string of the molecule is O=NCC1CCC(NP)CC1. The average Bonchev–Trinajstić information content (AvgIpc) is 2.07. The predicted octanol–water partition coefficient (Wildman–Crippen LogP) is 1.69. The fourth-order valence-electron chi connectivity index (χ4n) is 1.62. The van der Waals surface area contributed by atoms with Crippen LogP contribution in [0.2, 0.25) is 0 Å². The maximum absolute atomic E-state index is 9.95. The van der Waals surface area contributed by atoms with Gasteiger partial charge in [0, 0.05) is 6.04 Å². The Morgan fingerprint density at radius 1 is 1.36 bits per heavy atom. The molecule has 3 nitrogen and oxygen atoms in total. The number of hydrogen-bond acceptors (Lipinski definition) is 3. The maximum atomic E-state index is 9.95. The molecule has 1 rings (SSSR count). The Morgan fingerprint density at radius 3 is 2.45 bits per heavy atom. The molecular formula is C7H15N2OP. The van der Waals surface area contributed by atoms with Crippen LogP contribution in [0.1, 0.15) is 25.7 Å². The van der Waals surface area contributed by atoms with Crippen molar-refractivity contribution < 1.29 is 0 Å². The van der Waals surface area contributed by atoms with Crippen LogP contribution in [0.25, 0.3) is 0 Å². The Balaban J connectivity index is 2.18.